The van der Waals surface area contributed by atoms with E-state index in [1.54, 1.807) is 36.7 Å². The molecule has 84 heavy (non-hydrogen) atoms. The molecular weight excluding hydrogens is 1080 g/mol. The van der Waals surface area contributed by atoms with Crippen LogP contribution in [0.2, 0.25) is 0 Å². The molecule has 0 saturated heterocycles. The quantitative estimate of drug-likeness (QED) is 0.0178. The van der Waals surface area contributed by atoms with Crippen LogP contribution in [0.4, 0.5) is 0 Å². The maximum atomic E-state index is 13.8. The molecule has 0 aliphatic heterocycles. The van der Waals surface area contributed by atoms with Crippen molar-refractivity contribution in [2.45, 2.75) is 271 Å². The van der Waals surface area contributed by atoms with Gasteiger partial charge < -0.3 is 18.9 Å². The lowest BCUT2D eigenvalue weighted by Gasteiger charge is -2.29. The molecule has 0 saturated carbocycles. The predicted molar refractivity (Wildman–Crippen MR) is 336 cm³/mol. The topological polar surface area (TPSA) is 174 Å². The average molecular weight is 1180 g/mol. The van der Waals surface area contributed by atoms with Gasteiger partial charge in [0.1, 0.15) is 30.5 Å². The largest absolute Gasteiger partial charge is 0.462 e. The van der Waals surface area contributed by atoms with Gasteiger partial charge in [0.2, 0.25) is 0 Å². The fourth-order valence-corrected chi connectivity index (χ4v) is 12.3. The fraction of sp³-hybridized carbons (Fsp3) is 0.629. The van der Waals surface area contributed by atoms with Crippen LogP contribution in [0.15, 0.2) is 71.6 Å². The Bertz CT molecular complexity index is 2660. The van der Waals surface area contributed by atoms with E-state index in [1.165, 1.54) is 128 Å². The zero-order chi connectivity index (χ0) is 61.2. The summed E-state index contributed by atoms with van der Waals surface area (Å²) >= 11 is 0. The highest BCUT2D eigenvalue weighted by molar-refractivity contribution is 7.92. The summed E-state index contributed by atoms with van der Waals surface area (Å²) in [7, 11) is -4.04. The van der Waals surface area contributed by atoms with Crippen LogP contribution >= 0.6 is 0 Å². The molecule has 1 aromatic heterocycles. The number of Topliss-reactive ketones (excluding diaryl/α,β-unsaturated/α-hetero) is 1. The summed E-state index contributed by atoms with van der Waals surface area (Å²) in [4.78, 5) is 66.4. The molecule has 466 valence electrons. The van der Waals surface area contributed by atoms with Crippen LogP contribution in [0, 0.1) is 27.7 Å². The Hall–Kier alpha value is -5.63. The lowest BCUT2D eigenvalue weighted by atomic mass is 9.77. The summed E-state index contributed by atoms with van der Waals surface area (Å²) in [6, 6.07) is 20.0. The van der Waals surface area contributed by atoms with E-state index in [4.69, 9.17) is 18.9 Å². The zero-order valence-corrected chi connectivity index (χ0v) is 53.6. The van der Waals surface area contributed by atoms with Crippen molar-refractivity contribution in [1.29, 1.82) is 0 Å². The number of carbonyl (C=O) groups is 5. The van der Waals surface area contributed by atoms with Crippen LogP contribution in [-0.2, 0) is 53.4 Å². The Morgan fingerprint density at radius 1 is 0.524 bits per heavy atom. The highest BCUT2D eigenvalue weighted by atomic mass is 32.2. The minimum Gasteiger partial charge on any atom is -0.462 e. The van der Waals surface area contributed by atoms with Gasteiger partial charge in [0.15, 0.2) is 15.9 Å². The number of ketones is 1. The molecule has 0 N–H and O–H groups in total. The number of ether oxygens (including phenoxy) is 4. The number of esters is 4. The second-order valence-corrected chi connectivity index (χ2v) is 26.2. The van der Waals surface area contributed by atoms with Crippen LogP contribution in [-0.4, -0.2) is 72.9 Å². The second kappa shape index (κ2) is 39.1. The highest BCUT2D eigenvalue weighted by Gasteiger charge is 2.33. The molecule has 14 heteroatoms. The van der Waals surface area contributed by atoms with Crippen molar-refractivity contribution < 1.29 is 51.3 Å². The average Bonchev–Trinajstić information content (AvgIpc) is 4.02. The first kappa shape index (κ1) is 70.9. The van der Waals surface area contributed by atoms with Gasteiger partial charge in [-0.2, -0.15) is 5.10 Å². The van der Waals surface area contributed by atoms with Gasteiger partial charge in [0.05, 0.1) is 34.8 Å². The number of benzene rings is 3. The third-order valence-electron chi connectivity index (χ3n) is 15.6. The minimum absolute atomic E-state index is 0.00613. The van der Waals surface area contributed by atoms with Crippen molar-refractivity contribution in [1.82, 2.24) is 9.78 Å². The van der Waals surface area contributed by atoms with E-state index in [1.807, 2.05) is 64.1 Å². The predicted octanol–water partition coefficient (Wildman–Crippen LogP) is 17.1. The summed E-state index contributed by atoms with van der Waals surface area (Å²) in [5, 5.41) is 4.66. The third kappa shape index (κ3) is 27.6. The van der Waals surface area contributed by atoms with Crippen LogP contribution in [0.5, 0.6) is 5.75 Å². The number of carbonyl (C=O) groups excluding carboxylic acids is 5. The van der Waals surface area contributed by atoms with E-state index in [-0.39, 0.29) is 56.0 Å². The maximum absolute atomic E-state index is 13.8. The first-order valence-electron chi connectivity index (χ1n) is 32.1. The molecular formula is C70H104N2O11S. The van der Waals surface area contributed by atoms with Gasteiger partial charge in [-0.05, 0) is 88.1 Å². The smallest absolute Gasteiger partial charge is 0.311 e. The highest BCUT2D eigenvalue weighted by Crippen LogP contribution is 2.39. The fourth-order valence-electron chi connectivity index (χ4n) is 11.1. The molecule has 0 fully saturated rings. The number of rotatable bonds is 45. The van der Waals surface area contributed by atoms with Crippen molar-refractivity contribution in [3.63, 3.8) is 0 Å². The molecule has 13 nitrogen and oxygen atoms in total. The number of aromatic nitrogens is 2. The molecule has 4 aromatic rings. The monoisotopic (exact) mass is 1180 g/mol. The Balaban J connectivity index is 1.28. The van der Waals surface area contributed by atoms with Crippen LogP contribution in [0.3, 0.4) is 0 Å². The van der Waals surface area contributed by atoms with E-state index < -0.39 is 56.8 Å². The SMILES string of the molecule is CCCCCCCCCCCCCCCC(=O)OCC(COC(=O)CCCCCCCCCCCCCCC)OC(=O)CCC(=O)Oc1cc(C)cc(C)c1C(C)(C)CC(=O)CS(=O)(=O)c1ccc(-n2nc(C)cc2-c2ccc(C)cc2)cc1. The van der Waals surface area contributed by atoms with E-state index in [0.717, 1.165) is 72.2 Å². The standard InChI is InChI=1S/C70H104N2O11S/c1-9-11-13-15-17-19-21-23-25-27-29-31-33-35-65(74)80-51-61(52-81-66(75)36-34-32-30-28-26-24-22-20-18-16-14-12-10-2)82-67(76)45-46-68(77)83-64-48-55(4)47-56(5)69(64)70(7,8)50-60(73)53-84(78,79)62-43-41-59(42-44-62)72-63(49-57(6)71-72)58-39-37-54(3)38-40-58/h37-44,47-49,61H,9-36,45-46,50-53H2,1-8H3. The Kier molecular flexibility index (Phi) is 33.0. The van der Waals surface area contributed by atoms with Gasteiger partial charge >= 0.3 is 23.9 Å². The maximum Gasteiger partial charge on any atom is 0.311 e. The summed E-state index contributed by atoms with van der Waals surface area (Å²) < 4.78 is 52.0. The molecule has 4 rings (SSSR count). The van der Waals surface area contributed by atoms with E-state index in [9.17, 15) is 32.4 Å². The third-order valence-corrected chi connectivity index (χ3v) is 17.3. The number of nitrogens with zero attached hydrogens (tertiary/aromatic N) is 2. The molecule has 0 amide bonds. The van der Waals surface area contributed by atoms with Crippen LogP contribution in [0.25, 0.3) is 16.9 Å². The molecule has 0 bridgehead atoms. The van der Waals surface area contributed by atoms with Crippen molar-refractivity contribution in [3.05, 3.63) is 94.7 Å². The number of hydrogen-bond acceptors (Lipinski definition) is 12. The number of hydrogen-bond donors (Lipinski definition) is 0. The van der Waals surface area contributed by atoms with Gasteiger partial charge in [-0.15, -0.1) is 0 Å². The van der Waals surface area contributed by atoms with Crippen molar-refractivity contribution in [2.75, 3.05) is 19.0 Å². The zero-order valence-electron chi connectivity index (χ0n) is 52.8. The molecule has 0 unspecified atom stereocenters. The Labute approximate surface area is 505 Å². The lowest BCUT2D eigenvalue weighted by molar-refractivity contribution is -0.167. The van der Waals surface area contributed by atoms with Gasteiger partial charge in [0.25, 0.3) is 0 Å². The summed E-state index contributed by atoms with van der Waals surface area (Å²) in [6.45, 7) is 15.1. The minimum atomic E-state index is -4.04. The number of sulfone groups is 1. The Morgan fingerprint density at radius 2 is 0.976 bits per heavy atom. The van der Waals surface area contributed by atoms with E-state index in [0.29, 0.717) is 24.1 Å². The second-order valence-electron chi connectivity index (χ2n) is 24.2. The molecule has 0 aliphatic rings. The molecule has 0 aliphatic carbocycles. The number of aryl methyl sites for hydroxylation is 4. The van der Waals surface area contributed by atoms with Crippen molar-refractivity contribution in [2.24, 2.45) is 0 Å². The van der Waals surface area contributed by atoms with Gasteiger partial charge in [-0.3, -0.25) is 24.0 Å². The summed E-state index contributed by atoms with van der Waals surface area (Å²) in [5.74, 6) is -3.38. The Morgan fingerprint density at radius 3 is 1.45 bits per heavy atom. The molecule has 0 radical (unpaired) electrons. The molecule has 3 aromatic carbocycles. The van der Waals surface area contributed by atoms with Gasteiger partial charge in [-0.25, -0.2) is 13.1 Å². The first-order chi connectivity index (χ1) is 40.3. The number of unbranched alkanes of at least 4 members (excludes halogenated alkanes) is 24. The van der Waals surface area contributed by atoms with Gasteiger partial charge in [-0.1, -0.05) is 218 Å². The summed E-state index contributed by atoms with van der Waals surface area (Å²) in [6.07, 6.45) is 29.4. The normalized spacial score (nSPS) is 11.7. The van der Waals surface area contributed by atoms with Gasteiger partial charge in [0, 0.05) is 35.8 Å². The lowest BCUT2D eigenvalue weighted by Crippen LogP contribution is -2.31. The summed E-state index contributed by atoms with van der Waals surface area (Å²) in [5.41, 5.74) is 5.54. The van der Waals surface area contributed by atoms with E-state index >= 15 is 0 Å². The molecule has 0 atom stereocenters. The van der Waals surface area contributed by atoms with Crippen LogP contribution in [0.1, 0.15) is 255 Å². The van der Waals surface area contributed by atoms with Crippen molar-refractivity contribution in [3.8, 4) is 22.7 Å². The molecule has 0 spiro atoms. The molecule has 1 heterocycles. The van der Waals surface area contributed by atoms with E-state index in [2.05, 4.69) is 18.9 Å². The first-order valence-corrected chi connectivity index (χ1v) is 33.8. The van der Waals surface area contributed by atoms with Crippen molar-refractivity contribution >= 4 is 39.5 Å². The van der Waals surface area contributed by atoms with Crippen LogP contribution < -0.4 is 4.74 Å².